The number of hydrogen-bond acceptors (Lipinski definition) is 7. The van der Waals surface area contributed by atoms with Gasteiger partial charge in [0.1, 0.15) is 11.6 Å². The molecule has 0 atom stereocenters. The summed E-state index contributed by atoms with van der Waals surface area (Å²) >= 11 is 1.43. The molecular weight excluding hydrogens is 386 g/mol. The zero-order valence-corrected chi connectivity index (χ0v) is 16.6. The number of benzene rings is 1. The molecule has 0 bridgehead atoms. The molecular formula is C18H19N3O4S2. The number of aromatic nitrogens is 3. The summed E-state index contributed by atoms with van der Waals surface area (Å²) in [5.74, 6) is -0.853. The normalized spacial score (nSPS) is 11.5. The van der Waals surface area contributed by atoms with Crippen LogP contribution in [0.25, 0.3) is 10.6 Å². The zero-order valence-electron chi connectivity index (χ0n) is 15.0. The van der Waals surface area contributed by atoms with E-state index in [1.165, 1.54) is 11.3 Å². The number of carbonyl (C=O) groups is 1. The first-order chi connectivity index (χ1) is 12.8. The molecule has 3 rings (SSSR count). The molecule has 0 saturated carbocycles. The molecule has 9 heteroatoms. The summed E-state index contributed by atoms with van der Waals surface area (Å²) in [4.78, 5) is 16.5. The van der Waals surface area contributed by atoms with Crippen LogP contribution in [0.1, 0.15) is 17.7 Å². The molecule has 0 aliphatic heterocycles. The summed E-state index contributed by atoms with van der Waals surface area (Å²) in [6.07, 6.45) is 3.37. The van der Waals surface area contributed by atoms with E-state index in [2.05, 4.69) is 10.1 Å². The highest BCUT2D eigenvalue weighted by Crippen LogP contribution is 2.23. The van der Waals surface area contributed by atoms with E-state index < -0.39 is 15.8 Å². The van der Waals surface area contributed by atoms with Crippen molar-refractivity contribution in [1.29, 1.82) is 0 Å². The van der Waals surface area contributed by atoms with Crippen LogP contribution in [0.4, 0.5) is 0 Å². The van der Waals surface area contributed by atoms with Gasteiger partial charge in [0.25, 0.3) is 0 Å². The average molecular weight is 406 g/mol. The van der Waals surface area contributed by atoms with Crippen LogP contribution in [-0.2, 0) is 33.0 Å². The number of rotatable bonds is 7. The Bertz CT molecular complexity index is 1040. The number of esters is 1. The minimum atomic E-state index is -3.51. The first-order valence-electron chi connectivity index (χ1n) is 8.22. The van der Waals surface area contributed by atoms with Gasteiger partial charge in [-0.3, -0.25) is 9.48 Å². The van der Waals surface area contributed by atoms with Gasteiger partial charge in [0.05, 0.1) is 29.0 Å². The maximum atomic E-state index is 12.3. The first kappa shape index (κ1) is 19.2. The van der Waals surface area contributed by atoms with E-state index >= 15 is 0 Å². The number of nitrogens with zero attached hydrogens (tertiary/aromatic N) is 3. The highest BCUT2D eigenvalue weighted by atomic mass is 32.2. The zero-order chi connectivity index (χ0) is 19.4. The van der Waals surface area contributed by atoms with Crippen LogP contribution < -0.4 is 0 Å². The number of ether oxygens (including phenoxy) is 1. The molecule has 0 saturated heterocycles. The third-order valence-electron chi connectivity index (χ3n) is 3.84. The Labute approximate surface area is 161 Å². The van der Waals surface area contributed by atoms with Gasteiger partial charge in [0.2, 0.25) is 0 Å². The van der Waals surface area contributed by atoms with Gasteiger partial charge in [-0.1, -0.05) is 17.7 Å². The molecule has 2 heterocycles. The molecule has 0 N–H and O–H groups in total. The van der Waals surface area contributed by atoms with Crippen molar-refractivity contribution in [3.05, 3.63) is 53.3 Å². The summed E-state index contributed by atoms with van der Waals surface area (Å²) in [7, 11) is -1.68. The van der Waals surface area contributed by atoms with Crippen LogP contribution in [0.5, 0.6) is 0 Å². The van der Waals surface area contributed by atoms with Crippen LogP contribution in [0.3, 0.4) is 0 Å². The quantitative estimate of drug-likeness (QED) is 0.561. The number of carbonyl (C=O) groups excluding carboxylic acids is 1. The van der Waals surface area contributed by atoms with Gasteiger partial charge in [-0.05, 0) is 19.1 Å². The molecule has 142 valence electrons. The van der Waals surface area contributed by atoms with Crippen molar-refractivity contribution in [2.45, 2.75) is 24.8 Å². The lowest BCUT2D eigenvalue weighted by Crippen LogP contribution is -2.13. The fourth-order valence-electron chi connectivity index (χ4n) is 2.35. The Morgan fingerprint density at radius 2 is 2.00 bits per heavy atom. The molecule has 0 aliphatic rings. The second-order valence-corrected chi connectivity index (χ2v) is 9.06. The van der Waals surface area contributed by atoms with E-state index in [-0.39, 0.29) is 23.7 Å². The summed E-state index contributed by atoms with van der Waals surface area (Å²) in [6.45, 7) is 1.89. The largest absolute Gasteiger partial charge is 0.459 e. The molecule has 0 amide bonds. The number of sulfone groups is 1. The summed E-state index contributed by atoms with van der Waals surface area (Å²) in [5, 5.41) is 6.69. The Hall–Kier alpha value is -2.52. The average Bonchev–Trinajstić information content (AvgIpc) is 3.27. The van der Waals surface area contributed by atoms with Crippen LogP contribution in [0.15, 0.2) is 46.9 Å². The predicted molar refractivity (Wildman–Crippen MR) is 102 cm³/mol. The van der Waals surface area contributed by atoms with E-state index in [9.17, 15) is 13.2 Å². The van der Waals surface area contributed by atoms with E-state index in [0.717, 1.165) is 16.1 Å². The lowest BCUT2D eigenvalue weighted by Gasteiger charge is -2.05. The minimum Gasteiger partial charge on any atom is -0.459 e. The minimum absolute atomic E-state index is 0.0141. The lowest BCUT2D eigenvalue weighted by atomic mass is 10.2. The van der Waals surface area contributed by atoms with E-state index in [1.54, 1.807) is 40.5 Å². The number of aryl methyl sites for hydroxylation is 2. The SMILES string of the molecule is Cc1ccc(S(=O)(=O)CCC(=O)OCc2csc(-c3cnn(C)c3)n2)cc1. The van der Waals surface area contributed by atoms with E-state index in [4.69, 9.17) is 4.74 Å². The van der Waals surface area contributed by atoms with Gasteiger partial charge >= 0.3 is 5.97 Å². The maximum absolute atomic E-state index is 12.3. The van der Waals surface area contributed by atoms with E-state index in [0.29, 0.717) is 5.69 Å². The molecule has 0 spiro atoms. The Balaban J connectivity index is 1.51. The highest BCUT2D eigenvalue weighted by molar-refractivity contribution is 7.91. The topological polar surface area (TPSA) is 91.1 Å². The van der Waals surface area contributed by atoms with Crippen molar-refractivity contribution in [3.8, 4) is 10.6 Å². The Morgan fingerprint density at radius 1 is 1.26 bits per heavy atom. The second-order valence-electron chi connectivity index (χ2n) is 6.09. The van der Waals surface area contributed by atoms with Crippen molar-refractivity contribution in [2.75, 3.05) is 5.75 Å². The third-order valence-corrected chi connectivity index (χ3v) is 6.51. The van der Waals surface area contributed by atoms with Gasteiger partial charge in [-0.15, -0.1) is 11.3 Å². The van der Waals surface area contributed by atoms with Gasteiger partial charge in [-0.25, -0.2) is 13.4 Å². The van der Waals surface area contributed by atoms with Crippen molar-refractivity contribution in [1.82, 2.24) is 14.8 Å². The fraction of sp³-hybridized carbons (Fsp3) is 0.278. The molecule has 0 fully saturated rings. The van der Waals surface area contributed by atoms with Crippen LogP contribution in [0.2, 0.25) is 0 Å². The van der Waals surface area contributed by atoms with Crippen LogP contribution >= 0.6 is 11.3 Å². The van der Waals surface area contributed by atoms with Crippen molar-refractivity contribution in [3.63, 3.8) is 0 Å². The van der Waals surface area contributed by atoms with Crippen LogP contribution in [-0.4, -0.2) is 34.9 Å². The molecule has 7 nitrogen and oxygen atoms in total. The molecule has 0 aliphatic carbocycles. The van der Waals surface area contributed by atoms with Gasteiger partial charge in [0.15, 0.2) is 9.84 Å². The number of thiazole rings is 1. The van der Waals surface area contributed by atoms with Crippen molar-refractivity contribution >= 4 is 27.1 Å². The first-order valence-corrected chi connectivity index (χ1v) is 10.8. The smallest absolute Gasteiger partial charge is 0.307 e. The summed E-state index contributed by atoms with van der Waals surface area (Å²) < 4.78 is 31.4. The van der Waals surface area contributed by atoms with Crippen LogP contribution in [0, 0.1) is 6.92 Å². The van der Waals surface area contributed by atoms with Gasteiger partial charge in [-0.2, -0.15) is 5.10 Å². The summed E-state index contributed by atoms with van der Waals surface area (Å²) in [6, 6.07) is 6.55. The van der Waals surface area contributed by atoms with Crippen molar-refractivity contribution in [2.24, 2.45) is 7.05 Å². The molecule has 3 aromatic rings. The predicted octanol–water partition coefficient (Wildman–Crippen LogP) is 2.76. The third kappa shape index (κ3) is 5.01. The van der Waals surface area contributed by atoms with E-state index in [1.807, 2.05) is 20.2 Å². The molecule has 1 aromatic carbocycles. The molecule has 27 heavy (non-hydrogen) atoms. The monoisotopic (exact) mass is 405 g/mol. The lowest BCUT2D eigenvalue weighted by molar-refractivity contribution is -0.144. The Kier molecular flexibility index (Phi) is 5.71. The summed E-state index contributed by atoms with van der Waals surface area (Å²) in [5.41, 5.74) is 2.49. The molecule has 0 radical (unpaired) electrons. The maximum Gasteiger partial charge on any atom is 0.307 e. The van der Waals surface area contributed by atoms with Gasteiger partial charge in [0, 0.05) is 24.2 Å². The molecule has 2 aromatic heterocycles. The fourth-order valence-corrected chi connectivity index (χ4v) is 4.35. The van der Waals surface area contributed by atoms with Crippen molar-refractivity contribution < 1.29 is 17.9 Å². The highest BCUT2D eigenvalue weighted by Gasteiger charge is 2.17. The second kappa shape index (κ2) is 8.01. The standard InChI is InChI=1S/C18H19N3O4S2/c1-13-3-5-16(6-4-13)27(23,24)8-7-17(22)25-11-15-12-26-18(20-15)14-9-19-21(2)10-14/h3-6,9-10,12H,7-8,11H2,1-2H3. The number of hydrogen-bond donors (Lipinski definition) is 0. The molecule has 0 unspecified atom stereocenters. The van der Waals surface area contributed by atoms with Gasteiger partial charge < -0.3 is 4.74 Å². The Morgan fingerprint density at radius 3 is 2.67 bits per heavy atom.